The molecule has 0 aliphatic heterocycles. The Morgan fingerprint density at radius 1 is 1.25 bits per heavy atom. The molecule has 1 nitrogen and oxygen atoms in total. The fourth-order valence-electron chi connectivity index (χ4n) is 0. The average molecular weight is 149 g/mol. The predicted octanol–water partition coefficient (Wildman–Crippen LogP) is -0.505. The van der Waals surface area contributed by atoms with Crippen LogP contribution in [0.2, 0.25) is 0 Å². The maximum absolute atomic E-state index is 7.81. The van der Waals surface area contributed by atoms with E-state index in [4.69, 9.17) is 3.83 Å². The van der Waals surface area contributed by atoms with Crippen molar-refractivity contribution in [2.45, 2.75) is 0 Å². The van der Waals surface area contributed by atoms with E-state index >= 15 is 0 Å². The minimum absolute atomic E-state index is 0. The summed E-state index contributed by atoms with van der Waals surface area (Å²) in [6, 6.07) is 0. The summed E-state index contributed by atoms with van der Waals surface area (Å²) in [4.78, 5) is 0. The molecule has 29 valence electrons. The van der Waals surface area contributed by atoms with Crippen molar-refractivity contribution in [3.8, 4) is 0 Å². The van der Waals surface area contributed by atoms with E-state index in [1.165, 1.54) is 0 Å². The SMILES string of the molecule is [B].[Co].[O]=[Cu]. The molecule has 0 N–H and O–H groups in total. The summed E-state index contributed by atoms with van der Waals surface area (Å²) >= 11 is 2.94. The average Bonchev–Trinajstić information content (AvgIpc) is 1.00. The second kappa shape index (κ2) is 41.0. The second-order valence-electron chi connectivity index (χ2n) is 0. The van der Waals surface area contributed by atoms with Crippen LogP contribution in [0.5, 0.6) is 0 Å². The summed E-state index contributed by atoms with van der Waals surface area (Å²) in [6.45, 7) is 0. The van der Waals surface area contributed by atoms with Crippen molar-refractivity contribution < 1.29 is 36.6 Å². The van der Waals surface area contributed by atoms with Crippen molar-refractivity contribution >= 4 is 8.41 Å². The molecule has 0 unspecified atom stereocenters. The van der Waals surface area contributed by atoms with Crippen LogP contribution in [0.1, 0.15) is 0 Å². The zero-order valence-electron chi connectivity index (χ0n) is 1.62. The van der Waals surface area contributed by atoms with Gasteiger partial charge in [0, 0.05) is 25.2 Å². The Morgan fingerprint density at radius 3 is 1.25 bits per heavy atom. The summed E-state index contributed by atoms with van der Waals surface area (Å²) in [6.07, 6.45) is 0. The molecule has 4 heteroatoms. The van der Waals surface area contributed by atoms with Gasteiger partial charge in [0.2, 0.25) is 0 Å². The molecule has 0 atom stereocenters. The fraction of sp³-hybridized carbons (Fsp3) is 0. The molecule has 0 saturated heterocycles. The summed E-state index contributed by atoms with van der Waals surface area (Å²) in [5.74, 6) is 0. The quantitative estimate of drug-likeness (QED) is 0.424. The Labute approximate surface area is 45.3 Å². The Kier molecular flexibility index (Phi) is 212. The first-order valence-corrected chi connectivity index (χ1v) is 0.508. The van der Waals surface area contributed by atoms with Crippen LogP contribution in [0.3, 0.4) is 0 Å². The van der Waals surface area contributed by atoms with Crippen LogP contribution in [0, 0.1) is 0 Å². The van der Waals surface area contributed by atoms with Crippen LogP contribution in [0.25, 0.3) is 0 Å². The normalized spacial score (nSPS) is 1.50. The van der Waals surface area contributed by atoms with E-state index in [-0.39, 0.29) is 25.2 Å². The van der Waals surface area contributed by atoms with Crippen LogP contribution in [-0.4, -0.2) is 8.41 Å². The van der Waals surface area contributed by atoms with Crippen LogP contribution in [-0.2, 0) is 36.6 Å². The molecule has 4 heavy (non-hydrogen) atoms. The van der Waals surface area contributed by atoms with E-state index < -0.39 is 0 Å². The fourth-order valence-corrected chi connectivity index (χ4v) is 0. The van der Waals surface area contributed by atoms with Crippen LogP contribution in [0.4, 0.5) is 0 Å². The van der Waals surface area contributed by atoms with Crippen LogP contribution in [0.15, 0.2) is 0 Å². The molecule has 4 radical (unpaired) electrons. The van der Waals surface area contributed by atoms with Crippen LogP contribution < -0.4 is 0 Å². The van der Waals surface area contributed by atoms with Gasteiger partial charge in [-0.15, -0.1) is 0 Å². The van der Waals surface area contributed by atoms with Crippen molar-refractivity contribution in [2.75, 3.05) is 0 Å². The molecule has 0 aromatic rings. The van der Waals surface area contributed by atoms with E-state index in [9.17, 15) is 0 Å². The van der Waals surface area contributed by atoms with Crippen molar-refractivity contribution in [1.29, 1.82) is 0 Å². The van der Waals surface area contributed by atoms with E-state index in [1.807, 2.05) is 0 Å². The standard InChI is InChI=1S/B.Co.Cu.O. The van der Waals surface area contributed by atoms with Gasteiger partial charge in [0.1, 0.15) is 0 Å². The van der Waals surface area contributed by atoms with Crippen molar-refractivity contribution in [3.63, 3.8) is 0 Å². The number of rotatable bonds is 0. The van der Waals surface area contributed by atoms with Gasteiger partial charge in [0.15, 0.2) is 0 Å². The van der Waals surface area contributed by atoms with Gasteiger partial charge in [0.25, 0.3) is 0 Å². The summed E-state index contributed by atoms with van der Waals surface area (Å²) in [5, 5.41) is 0. The first-order chi connectivity index (χ1) is 1.00. The molecule has 0 aromatic heterocycles. The molecule has 0 aliphatic rings. The molecule has 0 fully saturated rings. The van der Waals surface area contributed by atoms with Gasteiger partial charge >= 0.3 is 19.8 Å². The van der Waals surface area contributed by atoms with Crippen molar-refractivity contribution in [2.24, 2.45) is 0 Å². The molecule has 0 amide bonds. The van der Waals surface area contributed by atoms with Gasteiger partial charge in [-0.05, 0) is 0 Å². The molecule has 0 bridgehead atoms. The van der Waals surface area contributed by atoms with Gasteiger partial charge in [0.05, 0.1) is 0 Å². The van der Waals surface area contributed by atoms with E-state index in [0.717, 1.165) is 0 Å². The van der Waals surface area contributed by atoms with Crippen LogP contribution >= 0.6 is 0 Å². The van der Waals surface area contributed by atoms with Crippen molar-refractivity contribution in [1.82, 2.24) is 0 Å². The van der Waals surface area contributed by atoms with Gasteiger partial charge in [-0.1, -0.05) is 0 Å². The minimum atomic E-state index is 0. The Morgan fingerprint density at radius 2 is 1.25 bits per heavy atom. The monoisotopic (exact) mass is 149 g/mol. The summed E-state index contributed by atoms with van der Waals surface area (Å²) < 4.78 is 7.81. The van der Waals surface area contributed by atoms with E-state index in [1.54, 1.807) is 0 Å². The van der Waals surface area contributed by atoms with Crippen molar-refractivity contribution in [3.05, 3.63) is 0 Å². The van der Waals surface area contributed by atoms with Gasteiger partial charge < -0.3 is 0 Å². The molecule has 0 saturated carbocycles. The summed E-state index contributed by atoms with van der Waals surface area (Å²) in [7, 11) is 0. The zero-order chi connectivity index (χ0) is 2.00. The Hall–Kier alpha value is 0.891. The van der Waals surface area contributed by atoms with Gasteiger partial charge in [-0.3, -0.25) is 0 Å². The molecular formula is BCoCuO. The molecule has 0 aromatic carbocycles. The van der Waals surface area contributed by atoms with E-state index in [2.05, 4.69) is 15.9 Å². The third-order valence-corrected chi connectivity index (χ3v) is 0. The molecule has 0 rings (SSSR count). The molecule has 0 spiro atoms. The van der Waals surface area contributed by atoms with Gasteiger partial charge in [-0.2, -0.15) is 0 Å². The first-order valence-electron chi connectivity index (χ1n) is 0.123. The Bertz CT molecular complexity index is 8.00. The summed E-state index contributed by atoms with van der Waals surface area (Å²) in [5.41, 5.74) is 0. The third-order valence-electron chi connectivity index (χ3n) is 0. The zero-order valence-corrected chi connectivity index (χ0v) is 3.60. The Balaban J connectivity index is -0.00000000500. The molecule has 0 heterocycles. The molecular weight excluding hydrogens is 149 g/mol. The second-order valence-corrected chi connectivity index (χ2v) is 0. The molecule has 0 aliphatic carbocycles. The first kappa shape index (κ1) is 20.7. The van der Waals surface area contributed by atoms with E-state index in [0.29, 0.717) is 0 Å². The third kappa shape index (κ3) is 13.0. The predicted molar refractivity (Wildman–Crippen MR) is 6.44 cm³/mol. The number of hydrogen-bond donors (Lipinski definition) is 0. The van der Waals surface area contributed by atoms with Gasteiger partial charge in [-0.25, -0.2) is 0 Å². The topological polar surface area (TPSA) is 17.1 Å². The maximum atomic E-state index is 7.81. The number of hydrogen-bond acceptors (Lipinski definition) is 1.